The van der Waals surface area contributed by atoms with Gasteiger partial charge in [-0.1, -0.05) is 18.2 Å². The van der Waals surface area contributed by atoms with Crippen molar-refractivity contribution in [3.05, 3.63) is 96.2 Å². The van der Waals surface area contributed by atoms with Crippen LogP contribution in [0.25, 0.3) is 16.9 Å². The monoisotopic (exact) mass is 564 g/mol. The van der Waals surface area contributed by atoms with Crippen molar-refractivity contribution >= 4 is 17.5 Å². The third-order valence-electron chi connectivity index (χ3n) is 7.61. The average molecular weight is 565 g/mol. The number of carbonyl (C=O) groups is 2. The van der Waals surface area contributed by atoms with Crippen LogP contribution in [0, 0.1) is 5.82 Å². The summed E-state index contributed by atoms with van der Waals surface area (Å²) in [6.07, 6.45) is -0.987. The van der Waals surface area contributed by atoms with Gasteiger partial charge in [-0.3, -0.25) is 24.8 Å². The SMILES string of the molecule is O=C(c1cc(-c2ccncc2)n(-c2ccc(C(F)(F)F)c(F)c2)n1)N1CCC2(CC1)NCN(c1ccccc1)C2=O. The van der Waals surface area contributed by atoms with Crippen LogP contribution in [0.4, 0.5) is 23.2 Å². The molecule has 2 aliphatic rings. The number of halogens is 4. The molecule has 0 unspecified atom stereocenters. The summed E-state index contributed by atoms with van der Waals surface area (Å²) in [6, 6.07) is 16.7. The number of piperidine rings is 1. The molecule has 0 atom stereocenters. The van der Waals surface area contributed by atoms with E-state index in [0.717, 1.165) is 17.8 Å². The average Bonchev–Trinajstić information content (AvgIpc) is 3.56. The molecule has 8 nitrogen and oxygen atoms in total. The van der Waals surface area contributed by atoms with E-state index in [1.54, 1.807) is 21.9 Å². The van der Waals surface area contributed by atoms with E-state index in [1.807, 2.05) is 30.3 Å². The predicted octanol–water partition coefficient (Wildman–Crippen LogP) is 4.66. The van der Waals surface area contributed by atoms with Gasteiger partial charge in [0.1, 0.15) is 11.4 Å². The van der Waals surface area contributed by atoms with Crippen LogP contribution in [0.5, 0.6) is 0 Å². The minimum atomic E-state index is -4.85. The maximum Gasteiger partial charge on any atom is 0.419 e. The highest BCUT2D eigenvalue weighted by molar-refractivity contribution is 6.02. The molecular weight excluding hydrogens is 540 g/mol. The number of rotatable bonds is 4. The largest absolute Gasteiger partial charge is 0.419 e. The minimum absolute atomic E-state index is 0.0284. The van der Waals surface area contributed by atoms with Crippen molar-refractivity contribution < 1.29 is 27.2 Å². The summed E-state index contributed by atoms with van der Waals surface area (Å²) in [4.78, 5) is 34.2. The van der Waals surface area contributed by atoms with Gasteiger partial charge in [0.05, 0.1) is 23.6 Å². The molecule has 4 aromatic rings. The Morgan fingerprint density at radius 1 is 0.927 bits per heavy atom. The number of nitrogens with one attached hydrogen (secondary N) is 1. The highest BCUT2D eigenvalue weighted by Crippen LogP contribution is 2.34. The van der Waals surface area contributed by atoms with E-state index in [0.29, 0.717) is 49.9 Å². The number of likely N-dealkylation sites (tertiary alicyclic amines) is 1. The fourth-order valence-electron chi connectivity index (χ4n) is 5.37. The lowest BCUT2D eigenvalue weighted by Gasteiger charge is -2.37. The number of pyridine rings is 1. The van der Waals surface area contributed by atoms with Gasteiger partial charge in [-0.25, -0.2) is 9.07 Å². The van der Waals surface area contributed by atoms with Gasteiger partial charge in [0, 0.05) is 42.8 Å². The lowest BCUT2D eigenvalue weighted by atomic mass is 9.87. The Bertz CT molecular complexity index is 1600. The van der Waals surface area contributed by atoms with Gasteiger partial charge in [0.15, 0.2) is 5.69 Å². The molecule has 4 heterocycles. The molecule has 6 rings (SSSR count). The quantitative estimate of drug-likeness (QED) is 0.365. The molecular formula is C29H24F4N6O2. The molecule has 2 saturated heterocycles. The summed E-state index contributed by atoms with van der Waals surface area (Å²) in [5, 5.41) is 7.73. The minimum Gasteiger partial charge on any atom is -0.337 e. The molecule has 2 aromatic heterocycles. The van der Waals surface area contributed by atoms with Gasteiger partial charge in [0.2, 0.25) is 5.91 Å². The molecule has 2 aliphatic heterocycles. The highest BCUT2D eigenvalue weighted by Gasteiger charge is 2.49. The van der Waals surface area contributed by atoms with Crippen LogP contribution in [0.2, 0.25) is 0 Å². The van der Waals surface area contributed by atoms with Crippen LogP contribution in [-0.4, -0.2) is 56.8 Å². The lowest BCUT2D eigenvalue weighted by Crippen LogP contribution is -2.55. The van der Waals surface area contributed by atoms with E-state index < -0.39 is 29.0 Å². The van der Waals surface area contributed by atoms with E-state index in [9.17, 15) is 27.2 Å². The van der Waals surface area contributed by atoms with Crippen molar-refractivity contribution in [3.8, 4) is 16.9 Å². The second-order valence-corrected chi connectivity index (χ2v) is 10.0. The van der Waals surface area contributed by atoms with Gasteiger partial charge in [-0.2, -0.15) is 18.3 Å². The summed E-state index contributed by atoms with van der Waals surface area (Å²) in [5.41, 5.74) is -0.315. The van der Waals surface area contributed by atoms with Gasteiger partial charge in [-0.05, 0) is 55.3 Å². The number of para-hydroxylation sites is 1. The number of benzene rings is 2. The van der Waals surface area contributed by atoms with Gasteiger partial charge in [0.25, 0.3) is 5.91 Å². The number of amides is 2. The Balaban J connectivity index is 1.25. The zero-order valence-corrected chi connectivity index (χ0v) is 21.6. The van der Waals surface area contributed by atoms with Crippen molar-refractivity contribution in [2.24, 2.45) is 0 Å². The first kappa shape index (κ1) is 26.6. The zero-order valence-electron chi connectivity index (χ0n) is 21.6. The third-order valence-corrected chi connectivity index (χ3v) is 7.61. The highest BCUT2D eigenvalue weighted by atomic mass is 19.4. The smallest absolute Gasteiger partial charge is 0.337 e. The van der Waals surface area contributed by atoms with Crippen molar-refractivity contribution in [1.29, 1.82) is 0 Å². The van der Waals surface area contributed by atoms with Crippen molar-refractivity contribution in [2.45, 2.75) is 24.6 Å². The number of alkyl halides is 3. The second kappa shape index (κ2) is 10.1. The van der Waals surface area contributed by atoms with Gasteiger partial charge < -0.3 is 4.90 Å². The molecule has 12 heteroatoms. The van der Waals surface area contributed by atoms with E-state index in [2.05, 4.69) is 15.4 Å². The number of hydrogen-bond acceptors (Lipinski definition) is 5. The summed E-state index contributed by atoms with van der Waals surface area (Å²) in [6.45, 7) is 0.972. The zero-order chi connectivity index (χ0) is 28.8. The van der Waals surface area contributed by atoms with Crippen LogP contribution in [0.1, 0.15) is 28.9 Å². The Morgan fingerprint density at radius 2 is 1.63 bits per heavy atom. The Morgan fingerprint density at radius 3 is 2.29 bits per heavy atom. The third kappa shape index (κ3) is 4.84. The van der Waals surface area contributed by atoms with Gasteiger partial charge >= 0.3 is 6.18 Å². The number of hydrogen-bond donors (Lipinski definition) is 1. The van der Waals surface area contributed by atoms with Crippen molar-refractivity contribution in [1.82, 2.24) is 25.0 Å². The summed E-state index contributed by atoms with van der Waals surface area (Å²) in [5.74, 6) is -1.88. The molecule has 210 valence electrons. The number of anilines is 1. The van der Waals surface area contributed by atoms with Crippen LogP contribution < -0.4 is 10.2 Å². The number of carbonyl (C=O) groups excluding carboxylic acids is 2. The fourth-order valence-corrected chi connectivity index (χ4v) is 5.37. The molecule has 0 saturated carbocycles. The normalized spacial score (nSPS) is 16.9. The number of nitrogens with zero attached hydrogens (tertiary/aromatic N) is 5. The maximum atomic E-state index is 14.5. The summed E-state index contributed by atoms with van der Waals surface area (Å²) in [7, 11) is 0. The molecule has 41 heavy (non-hydrogen) atoms. The first-order valence-corrected chi connectivity index (χ1v) is 13.0. The Kier molecular flexibility index (Phi) is 6.57. The summed E-state index contributed by atoms with van der Waals surface area (Å²) >= 11 is 0. The fraction of sp³-hybridized carbons (Fsp3) is 0.241. The van der Waals surface area contributed by atoms with Crippen molar-refractivity contribution in [2.75, 3.05) is 24.7 Å². The van der Waals surface area contributed by atoms with Crippen LogP contribution in [0.3, 0.4) is 0 Å². The predicted molar refractivity (Wildman–Crippen MR) is 142 cm³/mol. The molecule has 1 spiro atoms. The molecule has 2 aromatic carbocycles. The van der Waals surface area contributed by atoms with Crippen LogP contribution in [-0.2, 0) is 11.0 Å². The number of aromatic nitrogens is 3. The standard InChI is InChI=1S/C29H24F4N6O2/c30-23-16-21(6-7-22(23)29(31,32)33)39-25(19-8-12-34-13-9-19)17-24(36-39)26(40)37-14-10-28(11-15-37)27(41)38(18-35-28)20-4-2-1-3-5-20/h1-9,12-13,16-17,35H,10-11,14-15,18H2. The van der Waals surface area contributed by atoms with Crippen LogP contribution >= 0.6 is 0 Å². The molecule has 0 bridgehead atoms. The molecule has 0 aliphatic carbocycles. The second-order valence-electron chi connectivity index (χ2n) is 10.0. The van der Waals surface area contributed by atoms with Crippen molar-refractivity contribution in [3.63, 3.8) is 0 Å². The Hall–Kier alpha value is -4.58. The topological polar surface area (TPSA) is 83.4 Å². The first-order valence-electron chi connectivity index (χ1n) is 13.0. The van der Waals surface area contributed by atoms with E-state index >= 15 is 0 Å². The van der Waals surface area contributed by atoms with E-state index in [4.69, 9.17) is 0 Å². The molecule has 2 amide bonds. The Labute approximate surface area is 232 Å². The first-order chi connectivity index (χ1) is 19.7. The van der Waals surface area contributed by atoms with Crippen LogP contribution in [0.15, 0.2) is 79.1 Å². The van der Waals surface area contributed by atoms with E-state index in [-0.39, 0.29) is 17.3 Å². The van der Waals surface area contributed by atoms with E-state index in [1.165, 1.54) is 23.1 Å². The molecule has 2 fully saturated rings. The molecule has 0 radical (unpaired) electrons. The molecule has 1 N–H and O–H groups in total. The van der Waals surface area contributed by atoms with Gasteiger partial charge in [-0.15, -0.1) is 0 Å². The lowest BCUT2D eigenvalue weighted by molar-refractivity contribution is -0.140. The maximum absolute atomic E-state index is 14.5. The summed E-state index contributed by atoms with van der Waals surface area (Å²) < 4.78 is 55.1.